The first kappa shape index (κ1) is 30.6. The quantitative estimate of drug-likeness (QED) is 0.158. The Morgan fingerprint density at radius 2 is 1.67 bits per heavy atom. The van der Waals surface area contributed by atoms with Crippen LogP contribution in [0.2, 0.25) is 0 Å². The second-order valence-electron chi connectivity index (χ2n) is 11.0. The van der Waals surface area contributed by atoms with Crippen LogP contribution in [-0.4, -0.2) is 48.1 Å². The van der Waals surface area contributed by atoms with Crippen LogP contribution < -0.4 is 19.5 Å². The minimum atomic E-state index is -0.208. The first-order valence-electron chi connectivity index (χ1n) is 15.3. The van der Waals surface area contributed by atoms with E-state index < -0.39 is 0 Å². The van der Waals surface area contributed by atoms with Crippen molar-refractivity contribution in [3.05, 3.63) is 132 Å². The average Bonchev–Trinajstić information content (AvgIpc) is 3.11. The van der Waals surface area contributed by atoms with Gasteiger partial charge in [0.2, 0.25) is 11.8 Å². The second kappa shape index (κ2) is 14.5. The molecule has 0 aliphatic carbocycles. The van der Waals surface area contributed by atoms with E-state index in [0.717, 1.165) is 66.5 Å². The normalized spacial score (nSPS) is 12.8. The summed E-state index contributed by atoms with van der Waals surface area (Å²) in [6, 6.07) is 29.4. The minimum Gasteiger partial charge on any atom is -0.493 e. The third kappa shape index (κ3) is 7.78. The number of nitrogens with one attached hydrogen (secondary N) is 1. The topological polar surface area (TPSA) is 85.8 Å². The van der Waals surface area contributed by atoms with Gasteiger partial charge in [-0.25, -0.2) is 4.98 Å². The van der Waals surface area contributed by atoms with E-state index in [9.17, 15) is 4.79 Å². The van der Waals surface area contributed by atoms with Crippen LogP contribution in [0.5, 0.6) is 23.1 Å². The van der Waals surface area contributed by atoms with Gasteiger partial charge in [-0.15, -0.1) is 0 Å². The van der Waals surface area contributed by atoms with Gasteiger partial charge in [-0.05, 0) is 108 Å². The Labute approximate surface area is 269 Å². The minimum absolute atomic E-state index is 0.208. The number of hydrogen-bond acceptors (Lipinski definition) is 7. The van der Waals surface area contributed by atoms with Gasteiger partial charge in [0.05, 0.1) is 19.9 Å². The van der Waals surface area contributed by atoms with Crippen molar-refractivity contribution in [2.24, 2.45) is 0 Å². The Morgan fingerprint density at radius 3 is 2.37 bits per heavy atom. The molecule has 232 valence electrons. The summed E-state index contributed by atoms with van der Waals surface area (Å²) in [5.74, 6) is 2.50. The average molecular weight is 613 g/mol. The fourth-order valence-corrected chi connectivity index (χ4v) is 5.43. The summed E-state index contributed by atoms with van der Waals surface area (Å²) < 4.78 is 16.8. The molecule has 0 saturated heterocycles. The molecular formula is C38H36N4O4. The maximum absolute atomic E-state index is 12.6. The molecular weight excluding hydrogens is 576 g/mol. The Balaban J connectivity index is 0.955. The van der Waals surface area contributed by atoms with Crippen molar-refractivity contribution in [3.8, 4) is 34.4 Å². The van der Waals surface area contributed by atoms with Crippen LogP contribution in [0.15, 0.2) is 109 Å². The molecule has 0 unspecified atom stereocenters. The van der Waals surface area contributed by atoms with Crippen LogP contribution in [0.4, 0.5) is 5.69 Å². The summed E-state index contributed by atoms with van der Waals surface area (Å²) >= 11 is 0. The lowest BCUT2D eigenvalue weighted by Crippen LogP contribution is -2.32. The number of methoxy groups -OCH3 is 2. The molecule has 1 aliphatic rings. The van der Waals surface area contributed by atoms with Crippen molar-refractivity contribution >= 4 is 17.7 Å². The van der Waals surface area contributed by atoms with Crippen molar-refractivity contribution in [3.63, 3.8) is 0 Å². The van der Waals surface area contributed by atoms with E-state index in [4.69, 9.17) is 14.2 Å². The number of ether oxygens (including phenoxy) is 3. The van der Waals surface area contributed by atoms with Crippen LogP contribution in [-0.2, 0) is 24.2 Å². The number of carbonyl (C=O) groups excluding carboxylic acids is 1. The molecule has 1 aliphatic heterocycles. The maximum Gasteiger partial charge on any atom is 0.248 e. The number of benzene rings is 3. The summed E-state index contributed by atoms with van der Waals surface area (Å²) in [6.45, 7) is 2.86. The first-order chi connectivity index (χ1) is 22.6. The highest BCUT2D eigenvalue weighted by Crippen LogP contribution is 2.33. The SMILES string of the molecule is COc1cc2c(cc1OC)CN(CCc1ccc(NC(=O)/C=C/c3ccc(Oc4ccc(-c5ccccn5)cc4)nc3)cc1)CC2. The summed E-state index contributed by atoms with van der Waals surface area (Å²) in [5.41, 5.74) is 7.30. The first-order valence-corrected chi connectivity index (χ1v) is 15.3. The summed E-state index contributed by atoms with van der Waals surface area (Å²) in [7, 11) is 3.35. The van der Waals surface area contributed by atoms with Gasteiger partial charge in [0.25, 0.3) is 0 Å². The van der Waals surface area contributed by atoms with E-state index in [0.29, 0.717) is 11.6 Å². The van der Waals surface area contributed by atoms with Crippen LogP contribution in [0, 0.1) is 0 Å². The lowest BCUT2D eigenvalue weighted by atomic mass is 9.98. The van der Waals surface area contributed by atoms with Crippen molar-refractivity contribution in [1.29, 1.82) is 0 Å². The molecule has 0 fully saturated rings. The lowest BCUT2D eigenvalue weighted by Gasteiger charge is -2.29. The number of amides is 1. The number of nitrogens with zero attached hydrogens (tertiary/aromatic N) is 3. The van der Waals surface area contributed by atoms with Crippen LogP contribution in [0.1, 0.15) is 22.3 Å². The van der Waals surface area contributed by atoms with Crippen molar-refractivity contribution in [1.82, 2.24) is 14.9 Å². The van der Waals surface area contributed by atoms with E-state index in [-0.39, 0.29) is 5.91 Å². The zero-order chi connectivity index (χ0) is 31.7. The van der Waals surface area contributed by atoms with E-state index >= 15 is 0 Å². The standard InChI is InChI=1S/C38H36N4O4/c1-44-35-23-30-19-22-42(26-31(30)24-36(35)45-2)21-18-27-6-12-32(13-7-27)41-37(43)16-8-28-9-17-38(40-25-28)46-33-14-10-29(11-15-33)34-5-3-4-20-39-34/h3-17,20,23-25H,18-19,21-22,26H2,1-2H3,(H,41,43)/b16-8+. The van der Waals surface area contributed by atoms with Gasteiger partial charge in [-0.1, -0.05) is 18.2 Å². The van der Waals surface area contributed by atoms with Gasteiger partial charge in [-0.2, -0.15) is 0 Å². The Bertz CT molecular complexity index is 1790. The third-order valence-corrected chi connectivity index (χ3v) is 7.96. The van der Waals surface area contributed by atoms with Gasteiger partial charge in [-0.3, -0.25) is 14.7 Å². The molecule has 1 N–H and O–H groups in total. The van der Waals surface area contributed by atoms with Gasteiger partial charge in [0.1, 0.15) is 5.75 Å². The molecule has 46 heavy (non-hydrogen) atoms. The van der Waals surface area contributed by atoms with Crippen LogP contribution >= 0.6 is 0 Å². The van der Waals surface area contributed by atoms with Crippen molar-refractivity contribution in [2.75, 3.05) is 32.6 Å². The zero-order valence-corrected chi connectivity index (χ0v) is 26.0. The number of pyridine rings is 2. The molecule has 0 spiro atoms. The maximum atomic E-state index is 12.6. The van der Waals surface area contributed by atoms with E-state index in [1.165, 1.54) is 22.8 Å². The number of anilines is 1. The predicted octanol–water partition coefficient (Wildman–Crippen LogP) is 7.21. The van der Waals surface area contributed by atoms with E-state index in [1.54, 1.807) is 38.8 Å². The molecule has 0 atom stereocenters. The molecule has 3 heterocycles. The lowest BCUT2D eigenvalue weighted by molar-refractivity contribution is -0.111. The van der Waals surface area contributed by atoms with Crippen LogP contribution in [0.3, 0.4) is 0 Å². The van der Waals surface area contributed by atoms with E-state index in [1.807, 2.05) is 60.7 Å². The van der Waals surface area contributed by atoms with E-state index in [2.05, 4.69) is 44.5 Å². The predicted molar refractivity (Wildman–Crippen MR) is 180 cm³/mol. The number of carbonyl (C=O) groups is 1. The molecule has 1 amide bonds. The number of hydrogen-bond donors (Lipinski definition) is 1. The highest BCUT2D eigenvalue weighted by atomic mass is 16.5. The monoisotopic (exact) mass is 612 g/mol. The molecule has 6 rings (SSSR count). The van der Waals surface area contributed by atoms with Gasteiger partial charge in [0.15, 0.2) is 11.5 Å². The van der Waals surface area contributed by atoms with Gasteiger partial charge in [0, 0.05) is 55.4 Å². The Hall–Kier alpha value is -5.47. The molecule has 0 radical (unpaired) electrons. The fourth-order valence-electron chi connectivity index (χ4n) is 5.43. The third-order valence-electron chi connectivity index (χ3n) is 7.96. The molecule has 0 saturated carbocycles. The summed E-state index contributed by atoms with van der Waals surface area (Å²) in [6.07, 6.45) is 8.59. The van der Waals surface area contributed by atoms with Crippen LogP contribution in [0.25, 0.3) is 17.3 Å². The summed E-state index contributed by atoms with van der Waals surface area (Å²) in [5, 5.41) is 2.93. The number of rotatable bonds is 11. The smallest absolute Gasteiger partial charge is 0.248 e. The zero-order valence-electron chi connectivity index (χ0n) is 26.0. The number of fused-ring (bicyclic) bond motifs is 1. The van der Waals surface area contributed by atoms with Crippen molar-refractivity contribution < 1.29 is 19.0 Å². The molecule has 8 heteroatoms. The fraction of sp³-hybridized carbons (Fsp3) is 0.184. The largest absolute Gasteiger partial charge is 0.493 e. The molecule has 3 aromatic carbocycles. The number of aromatic nitrogens is 2. The second-order valence-corrected chi connectivity index (χ2v) is 11.0. The van der Waals surface area contributed by atoms with Gasteiger partial charge < -0.3 is 19.5 Å². The highest BCUT2D eigenvalue weighted by molar-refractivity contribution is 6.01. The Kier molecular flexibility index (Phi) is 9.66. The van der Waals surface area contributed by atoms with Gasteiger partial charge >= 0.3 is 0 Å². The van der Waals surface area contributed by atoms with Crippen molar-refractivity contribution in [2.45, 2.75) is 19.4 Å². The molecule has 8 nitrogen and oxygen atoms in total. The highest BCUT2D eigenvalue weighted by Gasteiger charge is 2.19. The Morgan fingerprint density at radius 1 is 0.891 bits per heavy atom. The summed E-state index contributed by atoms with van der Waals surface area (Å²) in [4.78, 5) is 23.8. The molecule has 5 aromatic rings. The molecule has 2 aromatic heterocycles. The molecule has 0 bridgehead atoms.